The van der Waals surface area contributed by atoms with Crippen molar-refractivity contribution in [2.24, 2.45) is 5.92 Å². The van der Waals surface area contributed by atoms with Crippen molar-refractivity contribution >= 4 is 17.8 Å². The number of furan rings is 1. The van der Waals surface area contributed by atoms with E-state index in [4.69, 9.17) is 4.42 Å². The van der Waals surface area contributed by atoms with Crippen LogP contribution in [0.2, 0.25) is 0 Å². The van der Waals surface area contributed by atoms with Crippen molar-refractivity contribution in [3.05, 3.63) is 54.2 Å². The SMILES string of the molecule is CN1C(=O)N(Cc2cccnc2)C(=O)C2C(N3CCN(C(=O)c4ccco4)CC3)CCNC21. The van der Waals surface area contributed by atoms with Gasteiger partial charge in [0.2, 0.25) is 5.91 Å². The zero-order valence-corrected chi connectivity index (χ0v) is 18.6. The molecular weight excluding hydrogens is 424 g/mol. The first-order valence-corrected chi connectivity index (χ1v) is 11.3. The average Bonchev–Trinajstić information content (AvgIpc) is 3.40. The van der Waals surface area contributed by atoms with E-state index in [0.717, 1.165) is 18.5 Å². The number of hydrogen-bond donors (Lipinski definition) is 1. The molecule has 5 rings (SSSR count). The molecule has 0 aliphatic carbocycles. The minimum absolute atomic E-state index is 0.00318. The van der Waals surface area contributed by atoms with Crippen molar-refractivity contribution in [1.29, 1.82) is 0 Å². The van der Waals surface area contributed by atoms with Gasteiger partial charge in [0.25, 0.3) is 5.91 Å². The molecule has 5 heterocycles. The minimum atomic E-state index is -0.370. The summed E-state index contributed by atoms with van der Waals surface area (Å²) in [6.45, 7) is 3.43. The number of urea groups is 1. The standard InChI is InChI=1S/C23H28N6O4/c1-26-20-19(22(31)29(23(26)32)15-16-4-2-7-24-14-16)17(6-8-25-20)27-9-11-28(12-10-27)21(30)18-5-3-13-33-18/h2-5,7,13-14,17,19-20,25H,6,8-12,15H2,1H3. The molecule has 3 aliphatic rings. The number of nitrogens with one attached hydrogen (secondary N) is 1. The fourth-order valence-electron chi connectivity index (χ4n) is 5.20. The van der Waals surface area contributed by atoms with Crippen molar-refractivity contribution in [1.82, 2.24) is 29.9 Å². The number of aromatic nitrogens is 1. The topological polar surface area (TPSA) is 102 Å². The molecule has 10 heteroatoms. The quantitative estimate of drug-likeness (QED) is 0.733. The highest BCUT2D eigenvalue weighted by Crippen LogP contribution is 2.32. The molecular formula is C23H28N6O4. The van der Waals surface area contributed by atoms with Gasteiger partial charge in [-0.3, -0.25) is 29.7 Å². The number of fused-ring (bicyclic) bond motifs is 1. The van der Waals surface area contributed by atoms with E-state index in [1.165, 1.54) is 11.2 Å². The number of pyridine rings is 1. The maximum Gasteiger partial charge on any atom is 0.328 e. The van der Waals surface area contributed by atoms with E-state index in [9.17, 15) is 14.4 Å². The van der Waals surface area contributed by atoms with Crippen LogP contribution in [0, 0.1) is 5.92 Å². The number of rotatable bonds is 4. The normalized spacial score (nSPS) is 26.5. The Labute approximate surface area is 192 Å². The second-order valence-electron chi connectivity index (χ2n) is 8.77. The van der Waals surface area contributed by atoms with Crippen LogP contribution in [0.5, 0.6) is 0 Å². The van der Waals surface area contributed by atoms with E-state index in [0.29, 0.717) is 31.9 Å². The van der Waals surface area contributed by atoms with Crippen LogP contribution in [0.15, 0.2) is 47.3 Å². The number of piperidine rings is 1. The molecule has 3 unspecified atom stereocenters. The Morgan fingerprint density at radius 3 is 2.70 bits per heavy atom. The van der Waals surface area contributed by atoms with Crippen LogP contribution in [0.3, 0.4) is 0 Å². The predicted molar refractivity (Wildman–Crippen MR) is 118 cm³/mol. The fourth-order valence-corrected chi connectivity index (χ4v) is 5.20. The first-order valence-electron chi connectivity index (χ1n) is 11.3. The summed E-state index contributed by atoms with van der Waals surface area (Å²) in [6.07, 6.45) is 5.32. The molecule has 174 valence electrons. The van der Waals surface area contributed by atoms with Crippen LogP contribution in [-0.2, 0) is 11.3 Å². The van der Waals surface area contributed by atoms with Gasteiger partial charge >= 0.3 is 6.03 Å². The first kappa shape index (κ1) is 21.6. The average molecular weight is 453 g/mol. The van der Waals surface area contributed by atoms with E-state index in [1.54, 1.807) is 47.4 Å². The van der Waals surface area contributed by atoms with Crippen LogP contribution in [0.4, 0.5) is 4.79 Å². The number of nitrogens with zero attached hydrogens (tertiary/aromatic N) is 5. The number of piperazine rings is 1. The lowest BCUT2D eigenvalue weighted by atomic mass is 9.85. The van der Waals surface area contributed by atoms with Crippen molar-refractivity contribution in [3.63, 3.8) is 0 Å². The van der Waals surface area contributed by atoms with Crippen molar-refractivity contribution in [2.75, 3.05) is 39.8 Å². The van der Waals surface area contributed by atoms with E-state index >= 15 is 0 Å². The second-order valence-corrected chi connectivity index (χ2v) is 8.77. The predicted octanol–water partition coefficient (Wildman–Crippen LogP) is 0.831. The Balaban J connectivity index is 1.31. The Morgan fingerprint density at radius 2 is 2.00 bits per heavy atom. The second kappa shape index (κ2) is 8.95. The molecule has 0 saturated carbocycles. The highest BCUT2D eigenvalue weighted by molar-refractivity contribution is 5.99. The molecule has 2 aromatic rings. The molecule has 33 heavy (non-hydrogen) atoms. The monoisotopic (exact) mass is 452 g/mol. The summed E-state index contributed by atoms with van der Waals surface area (Å²) in [5, 5.41) is 3.37. The van der Waals surface area contributed by atoms with Gasteiger partial charge < -0.3 is 14.2 Å². The summed E-state index contributed by atoms with van der Waals surface area (Å²) in [6, 6.07) is 6.75. The number of carbonyl (C=O) groups excluding carboxylic acids is 3. The summed E-state index contributed by atoms with van der Waals surface area (Å²) in [7, 11) is 1.75. The molecule has 3 saturated heterocycles. The third-order valence-electron chi connectivity index (χ3n) is 6.92. The van der Waals surface area contributed by atoms with Gasteiger partial charge in [0.1, 0.15) is 0 Å². The summed E-state index contributed by atoms with van der Waals surface area (Å²) < 4.78 is 5.25. The summed E-state index contributed by atoms with van der Waals surface area (Å²) in [5.74, 6) is -0.285. The smallest absolute Gasteiger partial charge is 0.328 e. The third-order valence-corrected chi connectivity index (χ3v) is 6.92. The Morgan fingerprint density at radius 1 is 1.18 bits per heavy atom. The maximum atomic E-state index is 13.6. The minimum Gasteiger partial charge on any atom is -0.459 e. The van der Waals surface area contributed by atoms with Gasteiger partial charge in [-0.15, -0.1) is 0 Å². The number of amides is 4. The van der Waals surface area contributed by atoms with Crippen molar-refractivity contribution in [3.8, 4) is 0 Å². The van der Waals surface area contributed by atoms with Gasteiger partial charge in [-0.2, -0.15) is 0 Å². The summed E-state index contributed by atoms with van der Waals surface area (Å²) in [5.41, 5.74) is 0.816. The Bertz CT molecular complexity index is 1010. The van der Waals surface area contributed by atoms with E-state index < -0.39 is 0 Å². The van der Waals surface area contributed by atoms with Gasteiger partial charge in [-0.05, 0) is 36.7 Å². The summed E-state index contributed by atoms with van der Waals surface area (Å²) >= 11 is 0. The largest absolute Gasteiger partial charge is 0.459 e. The van der Waals surface area contributed by atoms with Gasteiger partial charge in [0.15, 0.2) is 5.76 Å². The maximum absolute atomic E-state index is 13.6. The molecule has 0 spiro atoms. The van der Waals surface area contributed by atoms with Gasteiger partial charge in [0.05, 0.1) is 24.9 Å². The Hall–Kier alpha value is -3.24. The van der Waals surface area contributed by atoms with Crippen LogP contribution in [0.1, 0.15) is 22.5 Å². The van der Waals surface area contributed by atoms with E-state index in [1.807, 2.05) is 6.07 Å². The lowest BCUT2D eigenvalue weighted by Gasteiger charge is -2.52. The zero-order valence-electron chi connectivity index (χ0n) is 18.6. The molecule has 3 atom stereocenters. The number of carbonyl (C=O) groups is 3. The highest BCUT2D eigenvalue weighted by Gasteiger charge is 2.51. The number of imide groups is 1. The lowest BCUT2D eigenvalue weighted by Crippen LogP contribution is -2.71. The van der Waals surface area contributed by atoms with E-state index in [-0.39, 0.29) is 42.5 Å². The van der Waals surface area contributed by atoms with Crippen LogP contribution in [-0.4, -0.2) is 94.4 Å². The number of hydrogen-bond acceptors (Lipinski definition) is 7. The van der Waals surface area contributed by atoms with Crippen LogP contribution < -0.4 is 5.32 Å². The van der Waals surface area contributed by atoms with E-state index in [2.05, 4.69) is 15.2 Å². The molecule has 3 fully saturated rings. The Kier molecular flexibility index (Phi) is 5.86. The zero-order chi connectivity index (χ0) is 22.9. The highest BCUT2D eigenvalue weighted by atomic mass is 16.3. The van der Waals surface area contributed by atoms with Gasteiger partial charge in [-0.25, -0.2) is 4.79 Å². The van der Waals surface area contributed by atoms with Gasteiger partial charge in [-0.1, -0.05) is 6.07 Å². The molecule has 0 aromatic carbocycles. The van der Waals surface area contributed by atoms with Gasteiger partial charge in [0, 0.05) is 51.7 Å². The molecule has 0 radical (unpaired) electrons. The lowest BCUT2D eigenvalue weighted by molar-refractivity contribution is -0.146. The third kappa shape index (κ3) is 4.00. The van der Waals surface area contributed by atoms with Crippen LogP contribution >= 0.6 is 0 Å². The molecule has 4 amide bonds. The molecule has 0 bridgehead atoms. The fraction of sp³-hybridized carbons (Fsp3) is 0.478. The summed E-state index contributed by atoms with van der Waals surface area (Å²) in [4.78, 5) is 50.4. The van der Waals surface area contributed by atoms with Crippen LogP contribution in [0.25, 0.3) is 0 Å². The first-order chi connectivity index (χ1) is 16.0. The molecule has 10 nitrogen and oxygen atoms in total. The van der Waals surface area contributed by atoms with Crippen molar-refractivity contribution < 1.29 is 18.8 Å². The molecule has 1 N–H and O–H groups in total. The molecule has 3 aliphatic heterocycles. The molecule has 2 aromatic heterocycles. The van der Waals surface area contributed by atoms with Crippen molar-refractivity contribution in [2.45, 2.75) is 25.2 Å².